The monoisotopic (exact) mass is 329 g/mol. The largest absolute Gasteiger partial charge is 0.504 e. The van der Waals surface area contributed by atoms with Crippen LogP contribution in [0.5, 0.6) is 11.5 Å². The first-order valence-corrected chi connectivity index (χ1v) is 6.69. The van der Waals surface area contributed by atoms with E-state index in [-0.39, 0.29) is 17.1 Å². The van der Waals surface area contributed by atoms with E-state index < -0.39 is 11.4 Å². The van der Waals surface area contributed by atoms with E-state index in [9.17, 15) is 14.3 Å². The molecule has 0 atom stereocenters. The van der Waals surface area contributed by atoms with Crippen LogP contribution >= 0.6 is 15.9 Å². The third kappa shape index (κ3) is 2.26. The van der Waals surface area contributed by atoms with Gasteiger partial charge in [0.2, 0.25) is 6.08 Å². The molecule has 0 bridgehead atoms. The number of phenolic OH excluding ortho intramolecular Hbond substituents is 1. The minimum absolute atomic E-state index is 0.231. The Bertz CT molecular complexity index is 549. The minimum Gasteiger partial charge on any atom is -0.504 e. The summed E-state index contributed by atoms with van der Waals surface area (Å²) in [5.74, 6) is -1.21. The van der Waals surface area contributed by atoms with E-state index in [1.807, 2.05) is 0 Å². The van der Waals surface area contributed by atoms with Gasteiger partial charge in [0.05, 0.1) is 7.11 Å². The van der Waals surface area contributed by atoms with Crippen LogP contribution in [-0.2, 0) is 10.3 Å². The zero-order valence-corrected chi connectivity index (χ0v) is 12.0. The number of isocyanates is 1. The number of phenols is 1. The van der Waals surface area contributed by atoms with E-state index in [1.165, 1.54) is 19.3 Å². The van der Waals surface area contributed by atoms with Crippen LogP contribution in [0.1, 0.15) is 31.2 Å². The Kier molecular flexibility index (Phi) is 3.92. The van der Waals surface area contributed by atoms with Gasteiger partial charge in [0.25, 0.3) is 0 Å². The third-order valence-corrected chi connectivity index (χ3v) is 4.14. The van der Waals surface area contributed by atoms with Gasteiger partial charge in [-0.15, -0.1) is 0 Å². The number of benzene rings is 1. The standard InChI is InChI=1S/C13H13BrFNO3/c1-19-12-9(18)6-8(14)10(11(12)15)13(16-7-17)4-2-3-5-13/h6,18H,2-5H2,1H3. The van der Waals surface area contributed by atoms with Crippen LogP contribution in [0.2, 0.25) is 0 Å². The maximum absolute atomic E-state index is 14.5. The SMILES string of the molecule is COc1c(O)cc(Br)c(C2(N=C=O)CCCC2)c1F. The van der Waals surface area contributed by atoms with Gasteiger partial charge < -0.3 is 9.84 Å². The van der Waals surface area contributed by atoms with Crippen LogP contribution in [0, 0.1) is 5.82 Å². The molecule has 1 aromatic rings. The van der Waals surface area contributed by atoms with Crippen LogP contribution < -0.4 is 4.74 Å². The number of aromatic hydroxyl groups is 1. The lowest BCUT2D eigenvalue weighted by Crippen LogP contribution is -2.22. The predicted molar refractivity (Wildman–Crippen MR) is 70.6 cm³/mol. The Morgan fingerprint density at radius 3 is 2.68 bits per heavy atom. The van der Waals surface area contributed by atoms with Crippen molar-refractivity contribution in [3.05, 3.63) is 21.9 Å². The molecule has 4 nitrogen and oxygen atoms in total. The number of aliphatic imine (C=N–C) groups is 1. The molecular formula is C13H13BrFNO3. The van der Waals surface area contributed by atoms with Gasteiger partial charge in [-0.2, -0.15) is 4.99 Å². The molecule has 19 heavy (non-hydrogen) atoms. The van der Waals surface area contributed by atoms with Crippen LogP contribution in [0.25, 0.3) is 0 Å². The van der Waals surface area contributed by atoms with Crippen LogP contribution in [-0.4, -0.2) is 18.3 Å². The maximum atomic E-state index is 14.5. The quantitative estimate of drug-likeness (QED) is 0.682. The molecule has 1 N–H and O–H groups in total. The number of ether oxygens (including phenoxy) is 1. The maximum Gasteiger partial charge on any atom is 0.235 e. The lowest BCUT2D eigenvalue weighted by atomic mass is 9.88. The molecule has 102 valence electrons. The van der Waals surface area contributed by atoms with Gasteiger partial charge in [-0.05, 0) is 18.9 Å². The molecule has 0 amide bonds. The molecule has 0 radical (unpaired) electrons. The van der Waals surface area contributed by atoms with Gasteiger partial charge in [-0.3, -0.25) is 0 Å². The average Bonchev–Trinajstić information content (AvgIpc) is 2.78. The summed E-state index contributed by atoms with van der Waals surface area (Å²) in [6.07, 6.45) is 4.41. The highest BCUT2D eigenvalue weighted by atomic mass is 79.9. The average molecular weight is 330 g/mol. The first-order chi connectivity index (χ1) is 9.05. The Labute approximate surface area is 118 Å². The smallest absolute Gasteiger partial charge is 0.235 e. The van der Waals surface area contributed by atoms with E-state index in [2.05, 4.69) is 20.9 Å². The summed E-state index contributed by atoms with van der Waals surface area (Å²) in [4.78, 5) is 14.5. The lowest BCUT2D eigenvalue weighted by molar-refractivity contribution is 0.339. The summed E-state index contributed by atoms with van der Waals surface area (Å²) in [6.45, 7) is 0. The van der Waals surface area contributed by atoms with Crippen molar-refractivity contribution in [1.29, 1.82) is 0 Å². The number of carbonyl (C=O) groups excluding carboxylic acids is 1. The molecule has 2 rings (SSSR count). The summed E-state index contributed by atoms with van der Waals surface area (Å²) in [5.41, 5.74) is -0.658. The fourth-order valence-electron chi connectivity index (χ4n) is 2.67. The zero-order valence-electron chi connectivity index (χ0n) is 10.4. The highest BCUT2D eigenvalue weighted by Crippen LogP contribution is 2.49. The first kappa shape index (κ1) is 14.0. The number of hydrogen-bond donors (Lipinski definition) is 1. The van der Waals surface area contributed by atoms with Gasteiger partial charge in [0, 0.05) is 10.0 Å². The molecule has 1 fully saturated rings. The summed E-state index contributed by atoms with van der Waals surface area (Å²) in [5, 5.41) is 9.65. The number of hydrogen-bond acceptors (Lipinski definition) is 4. The molecule has 6 heteroatoms. The minimum atomic E-state index is -0.911. The molecule has 0 spiro atoms. The number of nitrogens with zero attached hydrogens (tertiary/aromatic N) is 1. The molecular weight excluding hydrogens is 317 g/mol. The predicted octanol–water partition coefficient (Wildman–Crippen LogP) is 3.41. The highest BCUT2D eigenvalue weighted by Gasteiger charge is 2.41. The molecule has 0 saturated heterocycles. The van der Waals surface area contributed by atoms with Crippen molar-refractivity contribution >= 4 is 22.0 Å². The van der Waals surface area contributed by atoms with E-state index >= 15 is 0 Å². The molecule has 0 aliphatic heterocycles. The molecule has 1 aromatic carbocycles. The van der Waals surface area contributed by atoms with Crippen molar-refractivity contribution in [3.63, 3.8) is 0 Å². The zero-order chi connectivity index (χ0) is 14.0. The van der Waals surface area contributed by atoms with Gasteiger partial charge in [-0.1, -0.05) is 28.8 Å². The summed E-state index contributed by atoms with van der Waals surface area (Å²) >= 11 is 3.23. The fourth-order valence-corrected chi connectivity index (χ4v) is 3.43. The second-order valence-electron chi connectivity index (χ2n) is 4.54. The highest BCUT2D eigenvalue weighted by molar-refractivity contribution is 9.10. The molecule has 1 aliphatic carbocycles. The Morgan fingerprint density at radius 1 is 1.53 bits per heavy atom. The van der Waals surface area contributed by atoms with Gasteiger partial charge in [0.15, 0.2) is 17.3 Å². The van der Waals surface area contributed by atoms with Gasteiger partial charge in [-0.25, -0.2) is 9.18 Å². The molecule has 1 saturated carbocycles. The summed E-state index contributed by atoms with van der Waals surface area (Å²) in [7, 11) is 1.28. The normalized spacial score (nSPS) is 17.0. The van der Waals surface area contributed by atoms with Crippen LogP contribution in [0.15, 0.2) is 15.5 Å². The lowest BCUT2D eigenvalue weighted by Gasteiger charge is -2.25. The van der Waals surface area contributed by atoms with Crippen molar-refractivity contribution in [1.82, 2.24) is 0 Å². The Balaban J connectivity index is 2.70. The van der Waals surface area contributed by atoms with E-state index in [0.717, 1.165) is 12.8 Å². The number of rotatable bonds is 3. The van der Waals surface area contributed by atoms with E-state index in [4.69, 9.17) is 4.74 Å². The van der Waals surface area contributed by atoms with Crippen molar-refractivity contribution < 1.29 is 19.0 Å². The van der Waals surface area contributed by atoms with Crippen molar-refractivity contribution in [2.45, 2.75) is 31.2 Å². The fraction of sp³-hybridized carbons (Fsp3) is 0.462. The van der Waals surface area contributed by atoms with Gasteiger partial charge in [0.1, 0.15) is 5.54 Å². The number of methoxy groups -OCH3 is 1. The summed E-state index contributed by atoms with van der Waals surface area (Å²) in [6, 6.07) is 1.36. The van der Waals surface area contributed by atoms with Crippen molar-refractivity contribution in [3.8, 4) is 11.5 Å². The van der Waals surface area contributed by atoms with Crippen molar-refractivity contribution in [2.24, 2.45) is 4.99 Å². The topological polar surface area (TPSA) is 58.9 Å². The van der Waals surface area contributed by atoms with Crippen LogP contribution in [0.4, 0.5) is 4.39 Å². The van der Waals surface area contributed by atoms with Crippen LogP contribution in [0.3, 0.4) is 0 Å². The van der Waals surface area contributed by atoms with E-state index in [0.29, 0.717) is 17.3 Å². The third-order valence-electron chi connectivity index (χ3n) is 3.51. The second-order valence-corrected chi connectivity index (χ2v) is 5.40. The Hall–Kier alpha value is -1.39. The first-order valence-electron chi connectivity index (χ1n) is 5.90. The molecule has 0 unspecified atom stereocenters. The molecule has 0 aromatic heterocycles. The molecule has 1 aliphatic rings. The van der Waals surface area contributed by atoms with Crippen molar-refractivity contribution in [2.75, 3.05) is 7.11 Å². The molecule has 0 heterocycles. The second kappa shape index (κ2) is 5.31. The van der Waals surface area contributed by atoms with E-state index in [1.54, 1.807) is 0 Å². The summed E-state index contributed by atoms with van der Waals surface area (Å²) < 4.78 is 19.8. The van der Waals surface area contributed by atoms with Gasteiger partial charge >= 0.3 is 0 Å². The Morgan fingerprint density at radius 2 is 2.16 bits per heavy atom. The number of halogens is 2.